The van der Waals surface area contributed by atoms with Crippen LogP contribution in [0.5, 0.6) is 11.5 Å². The van der Waals surface area contributed by atoms with Crippen molar-refractivity contribution in [3.63, 3.8) is 0 Å². The van der Waals surface area contributed by atoms with Crippen molar-refractivity contribution in [3.05, 3.63) is 47.2 Å². The number of nitrogens with zero attached hydrogens (tertiary/aromatic N) is 2. The molecular weight excluding hydrogens is 418 g/mol. The number of aliphatic imine (C=N–C) groups is 1. The first kappa shape index (κ1) is 20.4. The summed E-state index contributed by atoms with van der Waals surface area (Å²) < 4.78 is 45.5. The molecule has 1 aromatic carbocycles. The smallest absolute Gasteiger partial charge is 0.289 e. The van der Waals surface area contributed by atoms with Crippen molar-refractivity contribution in [2.45, 2.75) is 6.92 Å². The lowest BCUT2D eigenvalue weighted by atomic mass is 9.92. The van der Waals surface area contributed by atoms with E-state index in [0.717, 1.165) is 12.1 Å². The van der Waals surface area contributed by atoms with Crippen LogP contribution >= 0.6 is 11.6 Å². The van der Waals surface area contributed by atoms with Crippen LogP contribution in [0.1, 0.15) is 6.92 Å². The van der Waals surface area contributed by atoms with Gasteiger partial charge in [-0.15, -0.1) is 0 Å². The monoisotopic (exact) mass is 436 g/mol. The van der Waals surface area contributed by atoms with E-state index in [4.69, 9.17) is 25.8 Å². The molecule has 10 heteroatoms. The molecule has 0 radical (unpaired) electrons. The number of halogens is 3. The molecular formula is C20H19ClF2N4O3. The Hall–Kier alpha value is -2.91. The number of anilines is 1. The lowest BCUT2D eigenvalue weighted by Gasteiger charge is -2.31. The summed E-state index contributed by atoms with van der Waals surface area (Å²) in [5, 5.41) is 3.55. The van der Waals surface area contributed by atoms with Gasteiger partial charge in [0.05, 0.1) is 23.6 Å². The molecule has 0 amide bonds. The minimum atomic E-state index is -0.894. The number of aromatic amines is 1. The fourth-order valence-corrected chi connectivity index (χ4v) is 3.38. The Bertz CT molecular complexity index is 1100. The number of fused-ring (bicyclic) bond motifs is 1. The number of methoxy groups -OCH3 is 1. The van der Waals surface area contributed by atoms with Crippen LogP contribution in [0.15, 0.2) is 35.6 Å². The van der Waals surface area contributed by atoms with Gasteiger partial charge in [-0.05, 0) is 6.07 Å². The second-order valence-corrected chi connectivity index (χ2v) is 7.73. The fraction of sp³-hybridized carbons (Fsp3) is 0.300. The largest absolute Gasteiger partial charge is 0.464 e. The lowest BCUT2D eigenvalue weighted by Crippen LogP contribution is -2.38. The average Bonchev–Trinajstić information content (AvgIpc) is 3.09. The van der Waals surface area contributed by atoms with Crippen molar-refractivity contribution in [2.24, 2.45) is 10.4 Å². The molecule has 0 aliphatic carbocycles. The number of ether oxygens (including phenoxy) is 3. The zero-order valence-electron chi connectivity index (χ0n) is 16.3. The van der Waals surface area contributed by atoms with E-state index in [-0.39, 0.29) is 22.9 Å². The summed E-state index contributed by atoms with van der Waals surface area (Å²) in [7, 11) is 1.61. The molecule has 4 rings (SSSR count). The number of H-pyrrole nitrogens is 1. The second-order valence-electron chi connectivity index (χ2n) is 7.32. The van der Waals surface area contributed by atoms with Crippen LogP contribution in [-0.2, 0) is 9.47 Å². The van der Waals surface area contributed by atoms with Gasteiger partial charge >= 0.3 is 0 Å². The number of amidine groups is 1. The Morgan fingerprint density at radius 2 is 2.10 bits per heavy atom. The van der Waals surface area contributed by atoms with Gasteiger partial charge in [0.15, 0.2) is 17.4 Å². The van der Waals surface area contributed by atoms with E-state index in [1.165, 1.54) is 18.5 Å². The lowest BCUT2D eigenvalue weighted by molar-refractivity contribution is 0.0436. The molecule has 1 aliphatic heterocycles. The number of hydrogen-bond donors (Lipinski definition) is 2. The molecule has 3 aromatic rings. The maximum Gasteiger partial charge on any atom is 0.289 e. The van der Waals surface area contributed by atoms with Crippen molar-refractivity contribution >= 4 is 34.3 Å². The highest BCUT2D eigenvalue weighted by molar-refractivity contribution is 6.36. The molecule has 0 fully saturated rings. The predicted molar refractivity (Wildman–Crippen MR) is 109 cm³/mol. The third-order valence-corrected chi connectivity index (χ3v) is 4.90. The van der Waals surface area contributed by atoms with E-state index in [1.807, 2.05) is 6.92 Å². The van der Waals surface area contributed by atoms with Gasteiger partial charge in [0.1, 0.15) is 18.0 Å². The van der Waals surface area contributed by atoms with Crippen molar-refractivity contribution in [3.8, 4) is 11.5 Å². The number of hydrogen-bond acceptors (Lipinski definition) is 6. The van der Waals surface area contributed by atoms with Crippen molar-refractivity contribution in [1.82, 2.24) is 9.97 Å². The fourth-order valence-electron chi connectivity index (χ4n) is 3.14. The normalized spacial score (nSPS) is 18.8. The highest BCUT2D eigenvalue weighted by Gasteiger charge is 2.30. The van der Waals surface area contributed by atoms with E-state index in [9.17, 15) is 8.78 Å². The Balaban J connectivity index is 1.54. The quantitative estimate of drug-likeness (QED) is 0.604. The van der Waals surface area contributed by atoms with Crippen LogP contribution in [0.25, 0.3) is 11.0 Å². The van der Waals surface area contributed by atoms with Gasteiger partial charge in [0.2, 0.25) is 0 Å². The summed E-state index contributed by atoms with van der Waals surface area (Å²) in [6.07, 6.45) is 2.97. The van der Waals surface area contributed by atoms with Gasteiger partial charge in [-0.25, -0.2) is 18.8 Å². The maximum atomic E-state index is 14.6. The summed E-state index contributed by atoms with van der Waals surface area (Å²) in [5.41, 5.74) is 0.347. The Kier molecular flexibility index (Phi) is 5.48. The van der Waals surface area contributed by atoms with Crippen LogP contribution in [0.3, 0.4) is 0 Å². The molecule has 7 nitrogen and oxygen atoms in total. The number of nitrogens with one attached hydrogen (secondary N) is 2. The molecule has 0 bridgehead atoms. The molecule has 1 aliphatic rings. The van der Waals surface area contributed by atoms with E-state index in [1.54, 1.807) is 7.11 Å². The summed E-state index contributed by atoms with van der Waals surface area (Å²) in [5.74, 6) is -2.16. The molecule has 0 spiro atoms. The number of benzene rings is 1. The number of rotatable bonds is 5. The van der Waals surface area contributed by atoms with Crippen LogP contribution in [0.2, 0.25) is 5.02 Å². The highest BCUT2D eigenvalue weighted by Crippen LogP contribution is 2.36. The summed E-state index contributed by atoms with van der Waals surface area (Å²) in [6.45, 7) is 3.31. The topological polar surface area (TPSA) is 80.8 Å². The first-order chi connectivity index (χ1) is 14.4. The van der Waals surface area contributed by atoms with Crippen molar-refractivity contribution < 1.29 is 23.0 Å². The zero-order chi connectivity index (χ0) is 21.3. The summed E-state index contributed by atoms with van der Waals surface area (Å²) in [4.78, 5) is 11.2. The average molecular weight is 437 g/mol. The molecule has 2 aromatic heterocycles. The summed E-state index contributed by atoms with van der Waals surface area (Å²) in [6, 6.07) is 3.87. The van der Waals surface area contributed by atoms with Crippen molar-refractivity contribution in [1.29, 1.82) is 0 Å². The first-order valence-electron chi connectivity index (χ1n) is 9.10. The molecule has 1 unspecified atom stereocenters. The van der Waals surface area contributed by atoms with Crippen molar-refractivity contribution in [2.75, 3.05) is 32.2 Å². The van der Waals surface area contributed by atoms with E-state index in [0.29, 0.717) is 35.8 Å². The van der Waals surface area contributed by atoms with Gasteiger partial charge in [0.25, 0.3) is 6.02 Å². The second kappa shape index (κ2) is 8.08. The molecule has 0 saturated heterocycles. The van der Waals surface area contributed by atoms with E-state index < -0.39 is 17.4 Å². The Labute approximate surface area is 176 Å². The number of pyridine rings is 1. The third-order valence-electron chi connectivity index (χ3n) is 4.60. The third kappa shape index (κ3) is 4.03. The molecule has 1 atom stereocenters. The van der Waals surface area contributed by atoms with Gasteiger partial charge in [-0.1, -0.05) is 18.5 Å². The molecule has 3 heterocycles. The first-order valence-corrected chi connectivity index (χ1v) is 9.48. The molecule has 158 valence electrons. The number of aromatic nitrogens is 2. The highest BCUT2D eigenvalue weighted by atomic mass is 35.5. The zero-order valence-corrected chi connectivity index (χ0v) is 17.0. The summed E-state index contributed by atoms with van der Waals surface area (Å²) >= 11 is 6.11. The maximum absolute atomic E-state index is 14.6. The standard InChI is InChI=1S/C20H19ClF2N4O3/c1-20(9-28-2)8-26-19(29-10-20)27-11-5-13(22)17(14(23)6-11)30-15-3-4-24-18-16(15)12(21)7-25-18/h3-7H,8-10H2,1-2H3,(H,24,25)(H,26,27). The molecule has 2 N–H and O–H groups in total. The van der Waals surface area contributed by atoms with Gasteiger partial charge < -0.3 is 24.5 Å². The van der Waals surface area contributed by atoms with Crippen LogP contribution in [0.4, 0.5) is 14.5 Å². The van der Waals surface area contributed by atoms with Crippen LogP contribution in [0, 0.1) is 17.0 Å². The van der Waals surface area contributed by atoms with E-state index >= 15 is 0 Å². The SMILES string of the molecule is COCC1(C)CN=C(Nc2cc(F)c(Oc3ccnc4[nH]cc(Cl)c34)c(F)c2)OC1. The van der Waals surface area contributed by atoms with Gasteiger partial charge in [-0.3, -0.25) is 0 Å². The Morgan fingerprint density at radius 3 is 2.77 bits per heavy atom. The Morgan fingerprint density at radius 1 is 1.33 bits per heavy atom. The van der Waals surface area contributed by atoms with Crippen LogP contribution < -0.4 is 10.1 Å². The molecule has 30 heavy (non-hydrogen) atoms. The van der Waals surface area contributed by atoms with Gasteiger partial charge in [-0.2, -0.15) is 0 Å². The minimum Gasteiger partial charge on any atom is -0.464 e. The van der Waals surface area contributed by atoms with Gasteiger partial charge in [0, 0.05) is 42.7 Å². The predicted octanol–water partition coefficient (Wildman–Crippen LogP) is 4.74. The molecule has 0 saturated carbocycles. The minimum absolute atomic E-state index is 0.144. The van der Waals surface area contributed by atoms with Crippen LogP contribution in [-0.4, -0.2) is 42.9 Å². The van der Waals surface area contributed by atoms with E-state index in [2.05, 4.69) is 20.3 Å².